The van der Waals surface area contributed by atoms with Crippen LogP contribution in [0.5, 0.6) is 0 Å². The van der Waals surface area contributed by atoms with Crippen molar-refractivity contribution in [3.05, 3.63) is 0 Å². The summed E-state index contributed by atoms with van der Waals surface area (Å²) in [6.45, 7) is 5.18. The van der Waals surface area contributed by atoms with Crippen molar-refractivity contribution in [3.63, 3.8) is 0 Å². The van der Waals surface area contributed by atoms with Crippen molar-refractivity contribution < 1.29 is 13.2 Å². The summed E-state index contributed by atoms with van der Waals surface area (Å²) in [5.41, 5.74) is 5.70. The first-order chi connectivity index (χ1) is 8.92. The van der Waals surface area contributed by atoms with Crippen molar-refractivity contribution in [2.24, 2.45) is 11.7 Å². The van der Waals surface area contributed by atoms with E-state index in [-0.39, 0.29) is 24.2 Å². The number of ether oxygens (including phenoxy) is 1. The van der Waals surface area contributed by atoms with E-state index >= 15 is 0 Å². The van der Waals surface area contributed by atoms with E-state index in [1.807, 2.05) is 13.8 Å². The number of morpholine rings is 1. The van der Waals surface area contributed by atoms with Crippen molar-refractivity contribution in [2.45, 2.75) is 51.4 Å². The second kappa shape index (κ2) is 6.05. The van der Waals surface area contributed by atoms with E-state index in [4.69, 9.17) is 10.5 Å². The normalized spacial score (nSPS) is 37.6. The van der Waals surface area contributed by atoms with Gasteiger partial charge in [0.1, 0.15) is 0 Å². The van der Waals surface area contributed by atoms with Crippen LogP contribution in [-0.2, 0) is 14.9 Å². The zero-order chi connectivity index (χ0) is 14.0. The van der Waals surface area contributed by atoms with Crippen LogP contribution in [0.4, 0.5) is 0 Å². The lowest BCUT2D eigenvalue weighted by atomic mass is 10.1. The van der Waals surface area contributed by atoms with E-state index in [0.717, 1.165) is 19.3 Å². The highest BCUT2D eigenvalue weighted by Crippen LogP contribution is 2.26. The van der Waals surface area contributed by atoms with Gasteiger partial charge in [0.2, 0.25) is 0 Å². The summed E-state index contributed by atoms with van der Waals surface area (Å²) < 4.78 is 34.7. The van der Waals surface area contributed by atoms with E-state index in [1.54, 1.807) is 0 Å². The van der Waals surface area contributed by atoms with Crippen molar-refractivity contribution in [2.75, 3.05) is 19.6 Å². The van der Waals surface area contributed by atoms with E-state index in [2.05, 4.69) is 4.72 Å². The average molecular weight is 291 g/mol. The second-order valence-corrected chi connectivity index (χ2v) is 7.43. The SMILES string of the molecule is C[C@@H]1CN(S(=O)(=O)N[C@@H]2CCC[C@@H]2CN)C[C@@H](C)O1. The third kappa shape index (κ3) is 3.66. The molecule has 1 heterocycles. The second-order valence-electron chi connectivity index (χ2n) is 5.73. The molecule has 0 amide bonds. The molecular formula is C12H25N3O3S. The molecule has 1 saturated carbocycles. The first kappa shape index (κ1) is 15.2. The molecule has 0 aromatic heterocycles. The molecule has 0 aromatic carbocycles. The highest BCUT2D eigenvalue weighted by Gasteiger charge is 2.35. The Morgan fingerprint density at radius 1 is 1.26 bits per heavy atom. The fourth-order valence-corrected chi connectivity index (χ4v) is 4.72. The highest BCUT2D eigenvalue weighted by atomic mass is 32.2. The minimum Gasteiger partial charge on any atom is -0.373 e. The summed E-state index contributed by atoms with van der Waals surface area (Å²) in [5.74, 6) is 0.269. The first-order valence-corrected chi connectivity index (χ1v) is 8.49. The molecule has 112 valence electrons. The maximum atomic E-state index is 12.4. The summed E-state index contributed by atoms with van der Waals surface area (Å²) in [6.07, 6.45) is 2.82. The predicted octanol–water partition coefficient (Wildman–Crippen LogP) is 0.0574. The van der Waals surface area contributed by atoms with Crippen LogP contribution < -0.4 is 10.5 Å². The molecule has 3 N–H and O–H groups in total. The Balaban J connectivity index is 2.01. The van der Waals surface area contributed by atoms with E-state index in [0.29, 0.717) is 19.6 Å². The van der Waals surface area contributed by atoms with E-state index < -0.39 is 10.2 Å². The van der Waals surface area contributed by atoms with Crippen LogP contribution in [0.1, 0.15) is 33.1 Å². The molecule has 1 aliphatic carbocycles. The third-order valence-electron chi connectivity index (χ3n) is 3.99. The van der Waals surface area contributed by atoms with Gasteiger partial charge in [0.15, 0.2) is 0 Å². The molecule has 4 atom stereocenters. The molecule has 2 rings (SSSR count). The van der Waals surface area contributed by atoms with Crippen molar-refractivity contribution in [1.82, 2.24) is 9.03 Å². The number of hydrogen-bond donors (Lipinski definition) is 2. The average Bonchev–Trinajstić information content (AvgIpc) is 2.74. The third-order valence-corrected chi connectivity index (χ3v) is 5.57. The summed E-state index contributed by atoms with van der Waals surface area (Å²) in [7, 11) is -3.43. The number of nitrogens with two attached hydrogens (primary N) is 1. The van der Waals surface area contributed by atoms with Gasteiger partial charge in [-0.15, -0.1) is 0 Å². The van der Waals surface area contributed by atoms with Crippen LogP contribution in [0.25, 0.3) is 0 Å². The molecule has 2 fully saturated rings. The summed E-state index contributed by atoms with van der Waals surface area (Å²) in [4.78, 5) is 0. The molecule has 0 aromatic rings. The van der Waals surface area contributed by atoms with Gasteiger partial charge in [0.25, 0.3) is 10.2 Å². The molecule has 2 aliphatic rings. The van der Waals surface area contributed by atoms with E-state index in [1.165, 1.54) is 4.31 Å². The minimum absolute atomic E-state index is 0.0107. The van der Waals surface area contributed by atoms with Crippen molar-refractivity contribution in [1.29, 1.82) is 0 Å². The maximum absolute atomic E-state index is 12.4. The molecule has 1 aliphatic heterocycles. The van der Waals surface area contributed by atoms with Gasteiger partial charge in [0, 0.05) is 19.1 Å². The lowest BCUT2D eigenvalue weighted by Crippen LogP contribution is -2.54. The standard InChI is InChI=1S/C12H25N3O3S/c1-9-7-15(8-10(2)18-9)19(16,17)14-12-5-3-4-11(12)6-13/h9-12,14H,3-8,13H2,1-2H3/t9-,10-,11-,12-/m1/s1. The lowest BCUT2D eigenvalue weighted by molar-refractivity contribution is -0.0445. The number of nitrogens with one attached hydrogen (secondary N) is 1. The topological polar surface area (TPSA) is 84.7 Å². The van der Waals surface area contributed by atoms with Crippen molar-refractivity contribution >= 4 is 10.2 Å². The molecule has 0 radical (unpaired) electrons. The maximum Gasteiger partial charge on any atom is 0.279 e. The Morgan fingerprint density at radius 2 is 1.89 bits per heavy atom. The summed E-state index contributed by atoms with van der Waals surface area (Å²) in [6, 6.07) is -0.0107. The fourth-order valence-electron chi connectivity index (χ4n) is 3.07. The Kier molecular flexibility index (Phi) is 4.84. The Morgan fingerprint density at radius 3 is 2.47 bits per heavy atom. The van der Waals surface area contributed by atoms with Crippen LogP contribution in [0.15, 0.2) is 0 Å². The molecule has 0 bridgehead atoms. The van der Waals surface area contributed by atoms with Crippen LogP contribution in [0, 0.1) is 5.92 Å². The quantitative estimate of drug-likeness (QED) is 0.767. The molecule has 7 heteroatoms. The minimum atomic E-state index is -3.43. The van der Waals surface area contributed by atoms with Crippen molar-refractivity contribution in [3.8, 4) is 0 Å². The largest absolute Gasteiger partial charge is 0.373 e. The Labute approximate surface area is 115 Å². The van der Waals surface area contributed by atoms with Gasteiger partial charge in [-0.25, -0.2) is 0 Å². The highest BCUT2D eigenvalue weighted by molar-refractivity contribution is 7.87. The number of rotatable bonds is 4. The Hall–Kier alpha value is -0.210. The summed E-state index contributed by atoms with van der Waals surface area (Å²) >= 11 is 0. The zero-order valence-corrected chi connectivity index (χ0v) is 12.5. The molecule has 6 nitrogen and oxygen atoms in total. The van der Waals surface area contributed by atoms with Crippen LogP contribution >= 0.6 is 0 Å². The zero-order valence-electron chi connectivity index (χ0n) is 11.7. The van der Waals surface area contributed by atoms with Crippen LogP contribution in [0.2, 0.25) is 0 Å². The fraction of sp³-hybridized carbons (Fsp3) is 1.00. The van der Waals surface area contributed by atoms with E-state index in [9.17, 15) is 8.42 Å². The Bertz CT molecular complexity index is 391. The monoisotopic (exact) mass is 291 g/mol. The summed E-state index contributed by atoms with van der Waals surface area (Å²) in [5, 5.41) is 0. The molecule has 1 saturated heterocycles. The van der Waals surface area contributed by atoms with Crippen LogP contribution in [0.3, 0.4) is 0 Å². The molecule has 0 spiro atoms. The number of nitrogens with zero attached hydrogens (tertiary/aromatic N) is 1. The van der Waals surface area contributed by atoms with Gasteiger partial charge in [-0.2, -0.15) is 17.4 Å². The van der Waals surface area contributed by atoms with Gasteiger partial charge in [-0.1, -0.05) is 6.42 Å². The molecule has 19 heavy (non-hydrogen) atoms. The lowest BCUT2D eigenvalue weighted by Gasteiger charge is -2.35. The smallest absolute Gasteiger partial charge is 0.279 e. The van der Waals surface area contributed by atoms with Crippen LogP contribution in [-0.4, -0.2) is 50.6 Å². The number of hydrogen-bond acceptors (Lipinski definition) is 4. The van der Waals surface area contributed by atoms with Gasteiger partial charge in [-0.3, -0.25) is 0 Å². The first-order valence-electron chi connectivity index (χ1n) is 7.05. The molecule has 0 unspecified atom stereocenters. The molecular weight excluding hydrogens is 266 g/mol. The van der Waals surface area contributed by atoms with Gasteiger partial charge in [0.05, 0.1) is 12.2 Å². The van der Waals surface area contributed by atoms with Gasteiger partial charge < -0.3 is 10.5 Å². The van der Waals surface area contributed by atoms with Gasteiger partial charge in [-0.05, 0) is 39.2 Å². The van der Waals surface area contributed by atoms with Gasteiger partial charge >= 0.3 is 0 Å². The predicted molar refractivity (Wildman–Crippen MR) is 73.8 cm³/mol.